The van der Waals surface area contributed by atoms with Gasteiger partial charge in [0.05, 0.1) is 14.2 Å². The lowest BCUT2D eigenvalue weighted by Gasteiger charge is -2.11. The highest BCUT2D eigenvalue weighted by molar-refractivity contribution is 6.07. The predicted molar refractivity (Wildman–Crippen MR) is 74.8 cm³/mol. The van der Waals surface area contributed by atoms with Crippen LogP contribution in [0.5, 0.6) is 11.5 Å². The molecule has 110 valence electrons. The summed E-state index contributed by atoms with van der Waals surface area (Å²) < 4.78 is 10.4. The Kier molecular flexibility index (Phi) is 4.22. The molecule has 0 unspecified atom stereocenters. The van der Waals surface area contributed by atoms with Crippen molar-refractivity contribution in [1.82, 2.24) is 10.3 Å². The highest BCUT2D eigenvalue weighted by Gasteiger charge is 2.15. The maximum absolute atomic E-state index is 12.0. The molecule has 2 aromatic rings. The van der Waals surface area contributed by atoms with Gasteiger partial charge in [-0.25, -0.2) is 0 Å². The number of benzene rings is 1. The molecule has 1 amide bonds. The number of aliphatic carboxylic acids is 1. The van der Waals surface area contributed by atoms with Gasteiger partial charge in [0.1, 0.15) is 23.7 Å². The van der Waals surface area contributed by atoms with Gasteiger partial charge in [-0.05, 0) is 12.1 Å². The largest absolute Gasteiger partial charge is 0.497 e. The number of carboxylic acid groups (broad SMARTS) is 1. The van der Waals surface area contributed by atoms with E-state index in [0.29, 0.717) is 22.3 Å². The zero-order valence-corrected chi connectivity index (χ0v) is 11.5. The number of amides is 1. The van der Waals surface area contributed by atoms with E-state index in [1.54, 1.807) is 18.2 Å². The van der Waals surface area contributed by atoms with E-state index in [9.17, 15) is 9.59 Å². The Morgan fingerprint density at radius 3 is 2.62 bits per heavy atom. The van der Waals surface area contributed by atoms with Gasteiger partial charge in [-0.15, -0.1) is 0 Å². The van der Waals surface area contributed by atoms with Crippen LogP contribution in [0.4, 0.5) is 0 Å². The average molecular weight is 290 g/mol. The maximum Gasteiger partial charge on any atom is 0.322 e. The molecule has 1 aromatic heterocycles. The molecule has 7 heteroatoms. The minimum atomic E-state index is -1.13. The molecule has 0 aliphatic carbocycles. The number of nitrogens with zero attached hydrogens (tertiary/aromatic N) is 1. The Labute approximate surface area is 120 Å². The standard InChI is InChI=1S/C14H14N2O5/c1-20-8-5-10-9(11(6-8)21-2)3-4-15-13(10)14(19)16-7-12(17)18/h3-6H,7H2,1-2H3,(H,16,19)(H,17,18). The van der Waals surface area contributed by atoms with Crippen molar-refractivity contribution in [3.8, 4) is 11.5 Å². The molecule has 0 saturated carbocycles. The number of carbonyl (C=O) groups excluding carboxylic acids is 1. The van der Waals surface area contributed by atoms with E-state index in [1.165, 1.54) is 20.4 Å². The second-order valence-electron chi connectivity index (χ2n) is 4.16. The number of hydrogen-bond acceptors (Lipinski definition) is 5. The third-order valence-electron chi connectivity index (χ3n) is 2.89. The third-order valence-corrected chi connectivity index (χ3v) is 2.89. The number of carboxylic acids is 1. The van der Waals surface area contributed by atoms with Crippen molar-refractivity contribution in [3.05, 3.63) is 30.1 Å². The van der Waals surface area contributed by atoms with E-state index in [-0.39, 0.29) is 5.69 Å². The van der Waals surface area contributed by atoms with Crippen LogP contribution in [0.1, 0.15) is 10.5 Å². The quantitative estimate of drug-likeness (QED) is 0.854. The first-order valence-corrected chi connectivity index (χ1v) is 6.07. The van der Waals surface area contributed by atoms with Crippen LogP contribution >= 0.6 is 0 Å². The van der Waals surface area contributed by atoms with Gasteiger partial charge in [-0.2, -0.15) is 0 Å². The number of ether oxygens (including phenoxy) is 2. The lowest BCUT2D eigenvalue weighted by Crippen LogP contribution is -2.30. The minimum Gasteiger partial charge on any atom is -0.497 e. The number of carbonyl (C=O) groups is 2. The highest BCUT2D eigenvalue weighted by atomic mass is 16.5. The smallest absolute Gasteiger partial charge is 0.322 e. The molecule has 2 rings (SSSR count). The fraction of sp³-hybridized carbons (Fsp3) is 0.214. The van der Waals surface area contributed by atoms with Crippen molar-refractivity contribution in [2.45, 2.75) is 0 Å². The molecule has 0 atom stereocenters. The summed E-state index contributed by atoms with van der Waals surface area (Å²) in [6.07, 6.45) is 1.47. The van der Waals surface area contributed by atoms with Gasteiger partial charge in [-0.1, -0.05) is 0 Å². The summed E-state index contributed by atoms with van der Waals surface area (Å²) in [7, 11) is 3.01. The van der Waals surface area contributed by atoms with Crippen molar-refractivity contribution < 1.29 is 24.2 Å². The molecular formula is C14H14N2O5. The minimum absolute atomic E-state index is 0.117. The molecule has 0 spiro atoms. The molecule has 21 heavy (non-hydrogen) atoms. The van der Waals surface area contributed by atoms with Gasteiger partial charge in [0.15, 0.2) is 0 Å². The van der Waals surface area contributed by atoms with Crippen LogP contribution < -0.4 is 14.8 Å². The van der Waals surface area contributed by atoms with Crippen molar-refractivity contribution >= 4 is 22.6 Å². The lowest BCUT2D eigenvalue weighted by molar-refractivity contribution is -0.135. The van der Waals surface area contributed by atoms with Crippen molar-refractivity contribution in [1.29, 1.82) is 0 Å². The third kappa shape index (κ3) is 3.02. The Morgan fingerprint density at radius 1 is 1.24 bits per heavy atom. The topological polar surface area (TPSA) is 97.8 Å². The second-order valence-corrected chi connectivity index (χ2v) is 4.16. The van der Waals surface area contributed by atoms with Gasteiger partial charge in [0.2, 0.25) is 0 Å². The Morgan fingerprint density at radius 2 is 2.00 bits per heavy atom. The van der Waals surface area contributed by atoms with Crippen molar-refractivity contribution in [2.24, 2.45) is 0 Å². The summed E-state index contributed by atoms with van der Waals surface area (Å²) in [6.45, 7) is -0.474. The monoisotopic (exact) mass is 290 g/mol. The summed E-state index contributed by atoms with van der Waals surface area (Å²) in [6, 6.07) is 5.06. The molecule has 0 aliphatic rings. The van der Waals surface area contributed by atoms with Crippen LogP contribution in [0.15, 0.2) is 24.4 Å². The summed E-state index contributed by atoms with van der Waals surface area (Å²) >= 11 is 0. The van der Waals surface area contributed by atoms with Gasteiger partial charge in [0.25, 0.3) is 5.91 Å². The molecule has 0 aliphatic heterocycles. The SMILES string of the molecule is COc1cc(OC)c2ccnc(C(=O)NCC(=O)O)c2c1. The first-order chi connectivity index (χ1) is 10.1. The molecule has 1 heterocycles. The Hall–Kier alpha value is -2.83. The molecule has 2 N–H and O–H groups in total. The Bertz CT molecular complexity index is 699. The van der Waals surface area contributed by atoms with Gasteiger partial charge >= 0.3 is 5.97 Å². The van der Waals surface area contributed by atoms with E-state index in [4.69, 9.17) is 14.6 Å². The maximum atomic E-state index is 12.0. The Balaban J connectivity index is 2.53. The summed E-state index contributed by atoms with van der Waals surface area (Å²) in [5.41, 5.74) is 0.117. The van der Waals surface area contributed by atoms with Crippen molar-refractivity contribution in [3.63, 3.8) is 0 Å². The molecule has 0 bridgehead atoms. The number of nitrogens with one attached hydrogen (secondary N) is 1. The first kappa shape index (κ1) is 14.6. The van der Waals surface area contributed by atoms with E-state index < -0.39 is 18.4 Å². The number of aromatic nitrogens is 1. The summed E-state index contributed by atoms with van der Waals surface area (Å²) in [4.78, 5) is 26.6. The molecular weight excluding hydrogens is 276 g/mol. The molecule has 7 nitrogen and oxygen atoms in total. The first-order valence-electron chi connectivity index (χ1n) is 6.07. The van der Waals surface area contributed by atoms with E-state index >= 15 is 0 Å². The van der Waals surface area contributed by atoms with Crippen LogP contribution in [0, 0.1) is 0 Å². The summed E-state index contributed by atoms with van der Waals surface area (Å²) in [5, 5.41) is 12.1. The number of pyridine rings is 1. The van der Waals surface area contributed by atoms with Gasteiger partial charge in [-0.3, -0.25) is 14.6 Å². The van der Waals surface area contributed by atoms with Gasteiger partial charge < -0.3 is 19.9 Å². The summed E-state index contributed by atoms with van der Waals surface area (Å²) in [5.74, 6) is -0.643. The number of rotatable bonds is 5. The average Bonchev–Trinajstić information content (AvgIpc) is 2.50. The van der Waals surface area contributed by atoms with E-state index in [0.717, 1.165) is 0 Å². The van der Waals surface area contributed by atoms with Crippen LogP contribution in [0.25, 0.3) is 10.8 Å². The zero-order chi connectivity index (χ0) is 15.4. The zero-order valence-electron chi connectivity index (χ0n) is 11.5. The van der Waals surface area contributed by atoms with E-state index in [1.807, 2.05) is 0 Å². The number of methoxy groups -OCH3 is 2. The van der Waals surface area contributed by atoms with E-state index in [2.05, 4.69) is 10.3 Å². The predicted octanol–water partition coefficient (Wildman–Crippen LogP) is 1.07. The fourth-order valence-corrected chi connectivity index (χ4v) is 1.93. The molecule has 1 aromatic carbocycles. The van der Waals surface area contributed by atoms with Crippen LogP contribution in [0.2, 0.25) is 0 Å². The van der Waals surface area contributed by atoms with Crippen LogP contribution in [0.3, 0.4) is 0 Å². The molecule has 0 fully saturated rings. The van der Waals surface area contributed by atoms with Crippen LogP contribution in [-0.4, -0.2) is 42.7 Å². The molecule has 0 radical (unpaired) electrons. The number of fused-ring (bicyclic) bond motifs is 1. The second kappa shape index (κ2) is 6.08. The fourth-order valence-electron chi connectivity index (χ4n) is 1.93. The van der Waals surface area contributed by atoms with Crippen LogP contribution in [-0.2, 0) is 4.79 Å². The van der Waals surface area contributed by atoms with Gasteiger partial charge in [0, 0.05) is 23.0 Å². The lowest BCUT2D eigenvalue weighted by atomic mass is 10.1. The van der Waals surface area contributed by atoms with Crippen molar-refractivity contribution in [2.75, 3.05) is 20.8 Å². The normalized spacial score (nSPS) is 10.2. The molecule has 0 saturated heterocycles. The highest BCUT2D eigenvalue weighted by Crippen LogP contribution is 2.32. The number of hydrogen-bond donors (Lipinski definition) is 2.